The lowest BCUT2D eigenvalue weighted by Gasteiger charge is -2.10. The molecule has 0 saturated carbocycles. The largest absolute Gasteiger partial charge is 0.496 e. The van der Waals surface area contributed by atoms with Gasteiger partial charge in [0, 0.05) is 6.54 Å². The fourth-order valence-corrected chi connectivity index (χ4v) is 1.87. The Morgan fingerprint density at radius 2 is 2.11 bits per heavy atom. The van der Waals surface area contributed by atoms with Gasteiger partial charge in [-0.2, -0.15) is 0 Å². The van der Waals surface area contributed by atoms with E-state index in [1.165, 1.54) is 6.33 Å². The zero-order valence-electron chi connectivity index (χ0n) is 10.6. The lowest BCUT2D eigenvalue weighted by molar-refractivity contribution is 0.410. The van der Waals surface area contributed by atoms with Crippen molar-refractivity contribution in [1.82, 2.24) is 9.97 Å². The molecule has 0 bridgehead atoms. The van der Waals surface area contributed by atoms with Gasteiger partial charge in [0.25, 0.3) is 0 Å². The van der Waals surface area contributed by atoms with E-state index in [1.54, 1.807) is 7.11 Å². The first kappa shape index (κ1) is 13.4. The standard InChI is InChI=1S/C13H15ClN4O/c1-19-10-5-3-2-4-9(10)6-7-16-13-11(15)12(14)17-8-18-13/h2-5,8H,6-7,15H2,1H3,(H,16,17,18). The number of nitrogens with two attached hydrogens (primary N) is 1. The maximum atomic E-state index is 5.82. The van der Waals surface area contributed by atoms with Gasteiger partial charge in [-0.3, -0.25) is 0 Å². The molecule has 0 aliphatic heterocycles. The van der Waals surface area contributed by atoms with E-state index in [-0.39, 0.29) is 5.15 Å². The first-order valence-electron chi connectivity index (χ1n) is 5.84. The van der Waals surface area contributed by atoms with E-state index in [2.05, 4.69) is 15.3 Å². The number of nitrogens with zero attached hydrogens (tertiary/aromatic N) is 2. The van der Waals surface area contributed by atoms with Gasteiger partial charge >= 0.3 is 0 Å². The number of hydrogen-bond acceptors (Lipinski definition) is 5. The maximum absolute atomic E-state index is 5.82. The Morgan fingerprint density at radius 3 is 2.89 bits per heavy atom. The van der Waals surface area contributed by atoms with E-state index in [0.717, 1.165) is 17.7 Å². The maximum Gasteiger partial charge on any atom is 0.157 e. The fourth-order valence-electron chi connectivity index (χ4n) is 1.74. The molecule has 0 aliphatic rings. The number of halogens is 1. The van der Waals surface area contributed by atoms with Gasteiger partial charge in [0.05, 0.1) is 7.11 Å². The second-order valence-electron chi connectivity index (χ2n) is 3.92. The second-order valence-corrected chi connectivity index (χ2v) is 4.27. The topological polar surface area (TPSA) is 73.1 Å². The van der Waals surface area contributed by atoms with Crippen LogP contribution in [0.1, 0.15) is 5.56 Å². The van der Waals surface area contributed by atoms with Crippen LogP contribution in [-0.2, 0) is 6.42 Å². The average Bonchev–Trinajstić information content (AvgIpc) is 2.44. The monoisotopic (exact) mass is 278 g/mol. The van der Waals surface area contributed by atoms with Crippen LogP contribution in [0.5, 0.6) is 5.75 Å². The Kier molecular flexibility index (Phi) is 4.41. The van der Waals surface area contributed by atoms with Gasteiger partial charge in [0.1, 0.15) is 17.8 Å². The third-order valence-corrected chi connectivity index (χ3v) is 3.02. The molecule has 2 aromatic rings. The molecule has 0 unspecified atom stereocenters. The van der Waals surface area contributed by atoms with Crippen molar-refractivity contribution in [2.75, 3.05) is 24.7 Å². The van der Waals surface area contributed by atoms with Gasteiger partial charge in [0.2, 0.25) is 0 Å². The highest BCUT2D eigenvalue weighted by molar-refractivity contribution is 6.32. The van der Waals surface area contributed by atoms with Crippen LogP contribution in [-0.4, -0.2) is 23.6 Å². The number of aromatic nitrogens is 2. The van der Waals surface area contributed by atoms with Gasteiger partial charge in [-0.05, 0) is 18.1 Å². The Labute approximate surface area is 116 Å². The van der Waals surface area contributed by atoms with Crippen LogP contribution in [0.15, 0.2) is 30.6 Å². The smallest absolute Gasteiger partial charge is 0.157 e. The zero-order chi connectivity index (χ0) is 13.7. The minimum Gasteiger partial charge on any atom is -0.496 e. The molecular formula is C13H15ClN4O. The summed E-state index contributed by atoms with van der Waals surface area (Å²) in [5.74, 6) is 1.42. The summed E-state index contributed by atoms with van der Waals surface area (Å²) in [4.78, 5) is 7.85. The molecule has 3 N–H and O–H groups in total. The van der Waals surface area contributed by atoms with E-state index < -0.39 is 0 Å². The predicted octanol–water partition coefficient (Wildman–Crippen LogP) is 2.38. The highest BCUT2D eigenvalue weighted by Crippen LogP contribution is 2.22. The van der Waals surface area contributed by atoms with Crippen molar-refractivity contribution in [3.8, 4) is 5.75 Å². The van der Waals surface area contributed by atoms with Crippen LogP contribution in [0.2, 0.25) is 5.15 Å². The zero-order valence-corrected chi connectivity index (χ0v) is 11.3. The van der Waals surface area contributed by atoms with Crippen molar-refractivity contribution < 1.29 is 4.74 Å². The Morgan fingerprint density at radius 1 is 1.32 bits per heavy atom. The van der Waals surface area contributed by atoms with Crippen LogP contribution in [0, 0.1) is 0 Å². The van der Waals surface area contributed by atoms with Crippen LogP contribution >= 0.6 is 11.6 Å². The molecule has 0 amide bonds. The van der Waals surface area contributed by atoms with Gasteiger partial charge in [0.15, 0.2) is 11.0 Å². The summed E-state index contributed by atoms with van der Waals surface area (Å²) < 4.78 is 5.29. The Bertz CT molecular complexity index is 562. The molecule has 5 nitrogen and oxygen atoms in total. The van der Waals surface area contributed by atoms with Crippen LogP contribution in [0.25, 0.3) is 0 Å². The number of hydrogen-bond donors (Lipinski definition) is 2. The van der Waals surface area contributed by atoms with E-state index in [0.29, 0.717) is 18.1 Å². The van der Waals surface area contributed by atoms with E-state index in [9.17, 15) is 0 Å². The van der Waals surface area contributed by atoms with E-state index >= 15 is 0 Å². The molecular weight excluding hydrogens is 264 g/mol. The number of rotatable bonds is 5. The molecule has 19 heavy (non-hydrogen) atoms. The lowest BCUT2D eigenvalue weighted by atomic mass is 10.1. The number of nitrogen functional groups attached to an aromatic ring is 1. The first-order valence-corrected chi connectivity index (χ1v) is 6.22. The highest BCUT2D eigenvalue weighted by atomic mass is 35.5. The molecule has 1 aromatic carbocycles. The molecule has 0 atom stereocenters. The number of ether oxygens (including phenoxy) is 1. The summed E-state index contributed by atoms with van der Waals surface area (Å²) in [5, 5.41) is 3.40. The summed E-state index contributed by atoms with van der Waals surface area (Å²) >= 11 is 5.82. The quantitative estimate of drug-likeness (QED) is 0.822. The fraction of sp³-hybridized carbons (Fsp3) is 0.231. The van der Waals surface area contributed by atoms with Crippen LogP contribution in [0.4, 0.5) is 11.5 Å². The van der Waals surface area contributed by atoms with Gasteiger partial charge in [-0.25, -0.2) is 9.97 Å². The number of benzene rings is 1. The summed E-state index contributed by atoms with van der Waals surface area (Å²) in [6.07, 6.45) is 2.18. The number of para-hydroxylation sites is 1. The van der Waals surface area contributed by atoms with Crippen molar-refractivity contribution in [1.29, 1.82) is 0 Å². The Hall–Kier alpha value is -2.01. The summed E-state index contributed by atoms with van der Waals surface area (Å²) in [6, 6.07) is 7.88. The molecule has 0 spiro atoms. The van der Waals surface area contributed by atoms with Crippen LogP contribution in [0.3, 0.4) is 0 Å². The molecule has 0 fully saturated rings. The third kappa shape index (κ3) is 3.26. The van der Waals surface area contributed by atoms with E-state index in [1.807, 2.05) is 24.3 Å². The average molecular weight is 279 g/mol. The molecule has 1 heterocycles. The van der Waals surface area contributed by atoms with Crippen molar-refractivity contribution in [2.24, 2.45) is 0 Å². The number of methoxy groups -OCH3 is 1. The minimum absolute atomic E-state index is 0.259. The van der Waals surface area contributed by atoms with Crippen molar-refractivity contribution in [3.63, 3.8) is 0 Å². The minimum atomic E-state index is 0.259. The normalized spacial score (nSPS) is 10.2. The molecule has 0 radical (unpaired) electrons. The van der Waals surface area contributed by atoms with Gasteiger partial charge in [-0.1, -0.05) is 29.8 Å². The van der Waals surface area contributed by atoms with Crippen molar-refractivity contribution >= 4 is 23.1 Å². The number of nitrogens with one attached hydrogen (secondary N) is 1. The molecule has 0 saturated heterocycles. The van der Waals surface area contributed by atoms with Crippen molar-refractivity contribution in [3.05, 3.63) is 41.3 Å². The summed E-state index contributed by atoms with van der Waals surface area (Å²) in [5.41, 5.74) is 7.26. The lowest BCUT2D eigenvalue weighted by Crippen LogP contribution is -2.09. The SMILES string of the molecule is COc1ccccc1CCNc1ncnc(Cl)c1N. The van der Waals surface area contributed by atoms with Crippen LogP contribution < -0.4 is 15.8 Å². The number of anilines is 2. The molecule has 1 aromatic heterocycles. The summed E-state index contributed by atoms with van der Waals surface area (Å²) in [6.45, 7) is 0.678. The Balaban J connectivity index is 1.98. The molecule has 2 rings (SSSR count). The first-order chi connectivity index (χ1) is 9.22. The predicted molar refractivity (Wildman–Crippen MR) is 76.6 cm³/mol. The molecule has 0 aliphatic carbocycles. The second kappa shape index (κ2) is 6.24. The van der Waals surface area contributed by atoms with Gasteiger partial charge in [-0.15, -0.1) is 0 Å². The third-order valence-electron chi connectivity index (χ3n) is 2.71. The summed E-state index contributed by atoms with van der Waals surface area (Å²) in [7, 11) is 1.66. The molecule has 100 valence electrons. The van der Waals surface area contributed by atoms with Crippen molar-refractivity contribution in [2.45, 2.75) is 6.42 Å². The van der Waals surface area contributed by atoms with E-state index in [4.69, 9.17) is 22.1 Å². The molecule has 6 heteroatoms. The highest BCUT2D eigenvalue weighted by Gasteiger charge is 2.06. The van der Waals surface area contributed by atoms with Gasteiger partial charge < -0.3 is 15.8 Å².